The molecule has 0 aliphatic carbocycles. The van der Waals surface area contributed by atoms with E-state index in [1.165, 1.54) is 0 Å². The molecule has 7 heteroatoms. The molecule has 11 heavy (non-hydrogen) atoms. The van der Waals surface area contributed by atoms with Crippen LogP contribution >= 0.6 is 0 Å². The summed E-state index contributed by atoms with van der Waals surface area (Å²) in [4.78, 5) is 0. The molecule has 2 nitrogen and oxygen atoms in total. The van der Waals surface area contributed by atoms with E-state index in [1.807, 2.05) is 0 Å². The minimum atomic E-state index is -4.54. The number of aliphatic hydroxyl groups excluding tert-OH is 2. The van der Waals surface area contributed by atoms with Gasteiger partial charge in [0.05, 0.1) is 0 Å². The van der Waals surface area contributed by atoms with E-state index in [0.29, 0.717) is 0 Å². The molecule has 0 saturated carbocycles. The van der Waals surface area contributed by atoms with Crippen LogP contribution in [0.3, 0.4) is 0 Å². The Morgan fingerprint density at radius 3 is 1.09 bits per heavy atom. The van der Waals surface area contributed by atoms with Gasteiger partial charge < -0.3 is 10.2 Å². The molecule has 0 aromatic carbocycles. The van der Waals surface area contributed by atoms with Crippen LogP contribution in [0.4, 0.5) is 17.6 Å². The number of hydrogen-bond donors (Lipinski definition) is 2. The third-order valence-electron chi connectivity index (χ3n) is 0.932. The van der Waals surface area contributed by atoms with E-state index in [0.717, 1.165) is 0 Å². The molecule has 64 valence electrons. The molecule has 0 fully saturated rings. The summed E-state index contributed by atoms with van der Waals surface area (Å²) in [6.07, 6.45) is 0. The molecular weight excluding hydrogens is 163 g/mol. The van der Waals surface area contributed by atoms with E-state index in [4.69, 9.17) is 10.2 Å². The number of alkyl halides is 4. The van der Waals surface area contributed by atoms with E-state index in [9.17, 15) is 17.6 Å². The minimum absolute atomic E-state index is 0. The summed E-state index contributed by atoms with van der Waals surface area (Å²) in [7, 11) is 0. The first-order chi connectivity index (χ1) is 4.37. The van der Waals surface area contributed by atoms with Crippen LogP contribution in [0.1, 0.15) is 0 Å². The Kier molecular flexibility index (Phi) is 5.41. The molecule has 0 heterocycles. The number of halogens is 4. The van der Waals surface area contributed by atoms with Gasteiger partial charge in [0.15, 0.2) is 0 Å². The molecule has 0 saturated heterocycles. The predicted molar refractivity (Wildman–Crippen MR) is 31.2 cm³/mol. The van der Waals surface area contributed by atoms with Crippen molar-refractivity contribution in [1.82, 2.24) is 0 Å². The molecule has 0 aromatic rings. The second kappa shape index (κ2) is 4.31. The van der Waals surface area contributed by atoms with Gasteiger partial charge in [0, 0.05) is 0 Å². The van der Waals surface area contributed by atoms with Gasteiger partial charge in [0.1, 0.15) is 13.2 Å². The van der Waals surface area contributed by atoms with Crippen molar-refractivity contribution >= 4 is 18.9 Å². The van der Waals surface area contributed by atoms with Crippen LogP contribution in [-0.2, 0) is 0 Å². The molecule has 2 N–H and O–H groups in total. The van der Waals surface area contributed by atoms with Crippen LogP contribution in [0, 0.1) is 0 Å². The summed E-state index contributed by atoms with van der Waals surface area (Å²) >= 11 is 0. The second-order valence-electron chi connectivity index (χ2n) is 1.73. The number of hydrogen-bond acceptors (Lipinski definition) is 2. The standard InChI is InChI=1S/C4H6F4O2.Li.H/c5-3(6,1-9)4(7,8)2-10;;/h9-10H,1-2H2;;. The topological polar surface area (TPSA) is 40.5 Å². The first-order valence-electron chi connectivity index (χ1n) is 2.35. The van der Waals surface area contributed by atoms with Gasteiger partial charge in [-0.25, -0.2) is 0 Å². The van der Waals surface area contributed by atoms with Crippen LogP contribution in [-0.4, -0.2) is 54.1 Å². The predicted octanol–water partition coefficient (Wildman–Crippen LogP) is -0.407. The van der Waals surface area contributed by atoms with Crippen molar-refractivity contribution in [3.8, 4) is 0 Å². The molecule has 0 aliphatic rings. The summed E-state index contributed by atoms with van der Waals surface area (Å²) in [5, 5.41) is 15.4. The Morgan fingerprint density at radius 2 is 1.00 bits per heavy atom. The quantitative estimate of drug-likeness (QED) is 0.446. The SMILES string of the molecule is OCC(F)(F)C(F)(F)CO.[LiH]. The summed E-state index contributed by atoms with van der Waals surface area (Å²) in [5.74, 6) is -9.08. The fourth-order valence-corrected chi connectivity index (χ4v) is 0.231. The van der Waals surface area contributed by atoms with Crippen molar-refractivity contribution in [2.45, 2.75) is 11.8 Å². The molecule has 0 aromatic heterocycles. The monoisotopic (exact) mass is 170 g/mol. The maximum absolute atomic E-state index is 11.8. The molecular formula is C4H7F4LiO2. The molecule has 0 spiro atoms. The molecule has 0 atom stereocenters. The van der Waals surface area contributed by atoms with Crippen LogP contribution in [0.5, 0.6) is 0 Å². The van der Waals surface area contributed by atoms with Gasteiger partial charge >= 0.3 is 30.7 Å². The summed E-state index contributed by atoms with van der Waals surface area (Å²) in [6, 6.07) is 0. The maximum atomic E-state index is 11.8. The summed E-state index contributed by atoms with van der Waals surface area (Å²) < 4.78 is 47.1. The summed E-state index contributed by atoms with van der Waals surface area (Å²) in [6.45, 7) is -3.94. The molecule has 0 rings (SSSR count). The Balaban J connectivity index is 0. The third-order valence-corrected chi connectivity index (χ3v) is 0.932. The van der Waals surface area contributed by atoms with Crippen molar-refractivity contribution in [2.24, 2.45) is 0 Å². The van der Waals surface area contributed by atoms with Gasteiger partial charge in [-0.2, -0.15) is 17.6 Å². The zero-order chi connectivity index (χ0) is 8.41. The van der Waals surface area contributed by atoms with Crippen molar-refractivity contribution in [3.63, 3.8) is 0 Å². The van der Waals surface area contributed by atoms with Crippen LogP contribution < -0.4 is 0 Å². The van der Waals surface area contributed by atoms with Crippen LogP contribution in [0.25, 0.3) is 0 Å². The van der Waals surface area contributed by atoms with Gasteiger partial charge in [0.2, 0.25) is 0 Å². The Morgan fingerprint density at radius 1 is 0.818 bits per heavy atom. The van der Waals surface area contributed by atoms with E-state index >= 15 is 0 Å². The van der Waals surface area contributed by atoms with E-state index in [2.05, 4.69) is 0 Å². The van der Waals surface area contributed by atoms with Crippen molar-refractivity contribution < 1.29 is 27.8 Å². The molecule has 0 unspecified atom stereocenters. The molecule has 0 radical (unpaired) electrons. The average molecular weight is 170 g/mol. The van der Waals surface area contributed by atoms with E-state index < -0.39 is 25.1 Å². The Labute approximate surface area is 72.4 Å². The molecule has 0 bridgehead atoms. The summed E-state index contributed by atoms with van der Waals surface area (Å²) in [5.41, 5.74) is 0. The first-order valence-corrected chi connectivity index (χ1v) is 2.35. The van der Waals surface area contributed by atoms with Gasteiger partial charge in [0.25, 0.3) is 0 Å². The average Bonchev–Trinajstić information content (AvgIpc) is 1.88. The normalized spacial score (nSPS) is 12.5. The second-order valence-corrected chi connectivity index (χ2v) is 1.73. The number of aliphatic hydroxyl groups is 2. The Hall–Kier alpha value is 0.237. The zero-order valence-corrected chi connectivity index (χ0v) is 4.82. The number of rotatable bonds is 3. The van der Waals surface area contributed by atoms with Gasteiger partial charge in [-0.3, -0.25) is 0 Å². The fourth-order valence-electron chi connectivity index (χ4n) is 0.231. The Bertz CT molecular complexity index is 105. The van der Waals surface area contributed by atoms with Gasteiger partial charge in [-0.15, -0.1) is 0 Å². The third kappa shape index (κ3) is 2.99. The first kappa shape index (κ1) is 13.8. The molecule has 0 aliphatic heterocycles. The fraction of sp³-hybridized carbons (Fsp3) is 1.00. The van der Waals surface area contributed by atoms with Crippen molar-refractivity contribution in [3.05, 3.63) is 0 Å². The van der Waals surface area contributed by atoms with E-state index in [-0.39, 0.29) is 18.9 Å². The molecule has 0 amide bonds. The zero-order valence-electron chi connectivity index (χ0n) is 4.82. The van der Waals surface area contributed by atoms with Crippen LogP contribution in [0.2, 0.25) is 0 Å². The van der Waals surface area contributed by atoms with Gasteiger partial charge in [-0.1, -0.05) is 0 Å². The van der Waals surface area contributed by atoms with Crippen molar-refractivity contribution in [1.29, 1.82) is 0 Å². The van der Waals surface area contributed by atoms with E-state index in [1.54, 1.807) is 0 Å². The van der Waals surface area contributed by atoms with Crippen molar-refractivity contribution in [2.75, 3.05) is 13.2 Å². The van der Waals surface area contributed by atoms with Crippen LogP contribution in [0.15, 0.2) is 0 Å². The van der Waals surface area contributed by atoms with Gasteiger partial charge in [-0.05, 0) is 0 Å².